The third kappa shape index (κ3) is 4.27. The lowest BCUT2D eigenvalue weighted by atomic mass is 10.1. The van der Waals surface area contributed by atoms with Gasteiger partial charge in [-0.05, 0) is 63.4 Å². The van der Waals surface area contributed by atoms with Gasteiger partial charge in [0, 0.05) is 31.2 Å². The molecule has 7 heteroatoms. The van der Waals surface area contributed by atoms with Gasteiger partial charge in [0.25, 0.3) is 5.91 Å². The Hall–Kier alpha value is -1.44. The van der Waals surface area contributed by atoms with Crippen molar-refractivity contribution in [3.63, 3.8) is 0 Å². The smallest absolute Gasteiger partial charge is 0.251 e. The van der Waals surface area contributed by atoms with E-state index in [9.17, 15) is 13.2 Å². The highest BCUT2D eigenvalue weighted by molar-refractivity contribution is 7.89. The number of hydrogen-bond acceptors (Lipinski definition) is 4. The summed E-state index contributed by atoms with van der Waals surface area (Å²) in [5, 5.41) is 2.99. The molecule has 3 rings (SSSR count). The average molecular weight is 380 g/mol. The number of rotatable bonds is 7. The summed E-state index contributed by atoms with van der Waals surface area (Å²) in [7, 11) is -3.50. The zero-order valence-corrected chi connectivity index (χ0v) is 16.3. The monoisotopic (exact) mass is 379 g/mol. The Labute approximate surface area is 156 Å². The zero-order valence-electron chi connectivity index (χ0n) is 15.5. The van der Waals surface area contributed by atoms with Crippen molar-refractivity contribution in [2.45, 2.75) is 50.0 Å². The van der Waals surface area contributed by atoms with Crippen LogP contribution in [0.1, 0.15) is 49.4 Å². The fourth-order valence-corrected chi connectivity index (χ4v) is 5.39. The second kappa shape index (κ2) is 8.50. The van der Waals surface area contributed by atoms with Gasteiger partial charge in [0.1, 0.15) is 0 Å². The van der Waals surface area contributed by atoms with Gasteiger partial charge in [-0.3, -0.25) is 9.69 Å². The Bertz CT molecular complexity index is 723. The molecule has 1 unspecified atom stereocenters. The number of amides is 1. The van der Waals surface area contributed by atoms with Gasteiger partial charge in [-0.15, -0.1) is 0 Å². The average Bonchev–Trinajstić information content (AvgIpc) is 3.36. The number of likely N-dealkylation sites (tertiary alicyclic amines) is 1. The molecule has 1 N–H and O–H groups in total. The molecule has 1 amide bonds. The minimum absolute atomic E-state index is 0.207. The first kappa shape index (κ1) is 19.3. The van der Waals surface area contributed by atoms with E-state index in [2.05, 4.69) is 17.1 Å². The molecular formula is C19H29N3O3S. The highest BCUT2D eigenvalue weighted by Crippen LogP contribution is 2.21. The van der Waals surface area contributed by atoms with Crippen molar-refractivity contribution in [3.8, 4) is 0 Å². The van der Waals surface area contributed by atoms with Gasteiger partial charge in [-0.1, -0.05) is 13.0 Å². The zero-order chi connectivity index (χ0) is 18.6. The number of hydrogen-bond donors (Lipinski definition) is 1. The molecule has 0 spiro atoms. The van der Waals surface area contributed by atoms with Crippen molar-refractivity contribution in [2.24, 2.45) is 0 Å². The maximum absolute atomic E-state index is 12.7. The van der Waals surface area contributed by atoms with Crippen molar-refractivity contribution in [1.29, 1.82) is 0 Å². The largest absolute Gasteiger partial charge is 0.350 e. The molecule has 2 heterocycles. The molecule has 0 saturated carbocycles. The minimum Gasteiger partial charge on any atom is -0.350 e. The first-order valence-electron chi connectivity index (χ1n) is 9.65. The summed E-state index contributed by atoms with van der Waals surface area (Å²) in [5.41, 5.74) is 0.404. The van der Waals surface area contributed by atoms with Crippen LogP contribution in [0.4, 0.5) is 0 Å². The van der Waals surface area contributed by atoms with E-state index >= 15 is 0 Å². The quantitative estimate of drug-likeness (QED) is 0.787. The van der Waals surface area contributed by atoms with E-state index in [0.29, 0.717) is 31.2 Å². The first-order chi connectivity index (χ1) is 12.5. The lowest BCUT2D eigenvalue weighted by molar-refractivity contribution is 0.0937. The van der Waals surface area contributed by atoms with Crippen molar-refractivity contribution in [3.05, 3.63) is 29.8 Å². The van der Waals surface area contributed by atoms with Crippen LogP contribution in [0.2, 0.25) is 0 Å². The fraction of sp³-hybridized carbons (Fsp3) is 0.632. The Morgan fingerprint density at radius 1 is 1.12 bits per heavy atom. The number of nitrogens with one attached hydrogen (secondary N) is 1. The molecule has 2 saturated heterocycles. The number of benzene rings is 1. The van der Waals surface area contributed by atoms with Crippen LogP contribution >= 0.6 is 0 Å². The molecule has 0 bridgehead atoms. The highest BCUT2D eigenvalue weighted by Gasteiger charge is 2.28. The van der Waals surface area contributed by atoms with Crippen LogP contribution in [-0.4, -0.2) is 62.3 Å². The van der Waals surface area contributed by atoms with Crippen LogP contribution < -0.4 is 5.32 Å². The third-order valence-corrected chi connectivity index (χ3v) is 7.32. The molecule has 1 aromatic carbocycles. The summed E-state index contributed by atoms with van der Waals surface area (Å²) in [5.74, 6) is -0.207. The SMILES string of the molecule is CCC(CNC(=O)c1cccc(S(=O)(=O)N2CCCC2)c1)N1CCCC1. The van der Waals surface area contributed by atoms with Crippen molar-refractivity contribution >= 4 is 15.9 Å². The number of nitrogens with zero attached hydrogens (tertiary/aromatic N) is 2. The van der Waals surface area contributed by atoms with E-state index in [0.717, 1.165) is 32.4 Å². The summed E-state index contributed by atoms with van der Waals surface area (Å²) in [6.07, 6.45) is 5.23. The predicted octanol–water partition coefficient (Wildman–Crippen LogP) is 2.08. The molecule has 2 aliphatic heterocycles. The lowest BCUT2D eigenvalue weighted by Gasteiger charge is -2.26. The van der Waals surface area contributed by atoms with E-state index in [1.54, 1.807) is 18.2 Å². The molecule has 144 valence electrons. The number of sulfonamides is 1. The summed E-state index contributed by atoms with van der Waals surface area (Å²) in [6.45, 7) is 6.05. The van der Waals surface area contributed by atoms with Crippen LogP contribution in [0.15, 0.2) is 29.2 Å². The van der Waals surface area contributed by atoms with Gasteiger partial charge in [-0.25, -0.2) is 8.42 Å². The fourth-order valence-electron chi connectivity index (χ4n) is 3.83. The predicted molar refractivity (Wildman–Crippen MR) is 102 cm³/mol. The molecule has 0 aromatic heterocycles. The second-order valence-electron chi connectivity index (χ2n) is 7.15. The third-order valence-electron chi connectivity index (χ3n) is 5.43. The summed E-state index contributed by atoms with van der Waals surface area (Å²) in [6, 6.07) is 6.74. The molecule has 0 aliphatic carbocycles. The highest BCUT2D eigenvalue weighted by atomic mass is 32.2. The Morgan fingerprint density at radius 2 is 1.77 bits per heavy atom. The number of carbonyl (C=O) groups is 1. The van der Waals surface area contributed by atoms with Crippen LogP contribution in [-0.2, 0) is 10.0 Å². The maximum atomic E-state index is 12.7. The van der Waals surface area contributed by atoms with E-state index in [4.69, 9.17) is 0 Å². The maximum Gasteiger partial charge on any atom is 0.251 e. The van der Waals surface area contributed by atoms with Crippen LogP contribution in [0.5, 0.6) is 0 Å². The molecule has 2 fully saturated rings. The van der Waals surface area contributed by atoms with E-state index in [1.807, 2.05) is 0 Å². The van der Waals surface area contributed by atoms with Gasteiger partial charge < -0.3 is 5.32 Å². The van der Waals surface area contributed by atoms with Gasteiger partial charge >= 0.3 is 0 Å². The van der Waals surface area contributed by atoms with Crippen LogP contribution in [0.25, 0.3) is 0 Å². The van der Waals surface area contributed by atoms with E-state index in [-0.39, 0.29) is 10.8 Å². The van der Waals surface area contributed by atoms with E-state index < -0.39 is 10.0 Å². The topological polar surface area (TPSA) is 69.7 Å². The van der Waals surface area contributed by atoms with Crippen LogP contribution in [0.3, 0.4) is 0 Å². The second-order valence-corrected chi connectivity index (χ2v) is 9.09. The van der Waals surface area contributed by atoms with Gasteiger partial charge in [0.05, 0.1) is 4.90 Å². The lowest BCUT2D eigenvalue weighted by Crippen LogP contribution is -2.42. The molecular weight excluding hydrogens is 350 g/mol. The van der Waals surface area contributed by atoms with Gasteiger partial charge in [0.2, 0.25) is 10.0 Å². The first-order valence-corrected chi connectivity index (χ1v) is 11.1. The molecule has 2 aliphatic rings. The molecule has 26 heavy (non-hydrogen) atoms. The molecule has 6 nitrogen and oxygen atoms in total. The van der Waals surface area contributed by atoms with Gasteiger partial charge in [0.15, 0.2) is 0 Å². The summed E-state index contributed by atoms with van der Waals surface area (Å²) >= 11 is 0. The van der Waals surface area contributed by atoms with Crippen molar-refractivity contribution in [1.82, 2.24) is 14.5 Å². The van der Waals surface area contributed by atoms with E-state index in [1.165, 1.54) is 23.2 Å². The standard InChI is InChI=1S/C19H29N3O3S/c1-2-17(21-10-3-4-11-21)15-20-19(23)16-8-7-9-18(14-16)26(24,25)22-12-5-6-13-22/h7-9,14,17H,2-6,10-13,15H2,1H3,(H,20,23). The molecule has 1 atom stereocenters. The van der Waals surface area contributed by atoms with Crippen LogP contribution in [0, 0.1) is 0 Å². The summed E-state index contributed by atoms with van der Waals surface area (Å²) < 4.78 is 26.9. The Kier molecular flexibility index (Phi) is 6.32. The van der Waals surface area contributed by atoms with Gasteiger partial charge in [-0.2, -0.15) is 4.31 Å². The van der Waals surface area contributed by atoms with Crippen molar-refractivity contribution < 1.29 is 13.2 Å². The molecule has 1 aromatic rings. The number of carbonyl (C=O) groups excluding carboxylic acids is 1. The minimum atomic E-state index is -3.50. The Morgan fingerprint density at radius 3 is 2.42 bits per heavy atom. The normalized spacial score (nSPS) is 20.3. The molecule has 0 radical (unpaired) electrons. The summed E-state index contributed by atoms with van der Waals surface area (Å²) in [4.78, 5) is 15.2. The Balaban J connectivity index is 1.66. The van der Waals surface area contributed by atoms with Crippen molar-refractivity contribution in [2.75, 3.05) is 32.7 Å².